The van der Waals surface area contributed by atoms with Crippen molar-refractivity contribution in [3.63, 3.8) is 0 Å². The number of pyridine rings is 1. The fourth-order valence-electron chi connectivity index (χ4n) is 2.11. The van der Waals surface area contributed by atoms with Crippen LogP contribution in [0.15, 0.2) is 18.3 Å². The number of rotatable bonds is 3. The Morgan fingerprint density at radius 2 is 2.41 bits per heavy atom. The molecule has 1 atom stereocenters. The van der Waals surface area contributed by atoms with E-state index in [2.05, 4.69) is 4.98 Å². The summed E-state index contributed by atoms with van der Waals surface area (Å²) in [5, 5.41) is 16.6. The third-order valence-corrected chi connectivity index (χ3v) is 2.89. The van der Waals surface area contributed by atoms with E-state index in [-0.39, 0.29) is 5.84 Å². The average molecular weight is 234 g/mol. The van der Waals surface area contributed by atoms with Gasteiger partial charge in [-0.05, 0) is 25.0 Å². The first-order valence-electron chi connectivity index (χ1n) is 5.40. The van der Waals surface area contributed by atoms with Gasteiger partial charge in [-0.1, -0.05) is 0 Å². The first kappa shape index (κ1) is 11.4. The first-order chi connectivity index (χ1) is 8.11. The molecule has 2 rings (SSSR count). The van der Waals surface area contributed by atoms with Crippen LogP contribution < -0.4 is 10.6 Å². The number of hydrogen-bond donors (Lipinski definition) is 3. The number of anilines is 1. The predicted octanol–water partition coefficient (Wildman–Crippen LogP) is 0.419. The molecular formula is C11H14N4O2. The smallest absolute Gasteiger partial charge is 0.326 e. The highest BCUT2D eigenvalue weighted by atomic mass is 16.4. The molecular weight excluding hydrogens is 220 g/mol. The number of carboxylic acids is 1. The number of aromatic nitrogens is 1. The number of amidine groups is 1. The summed E-state index contributed by atoms with van der Waals surface area (Å²) in [6.45, 7) is 0.633. The second-order valence-electron chi connectivity index (χ2n) is 3.98. The lowest BCUT2D eigenvalue weighted by molar-refractivity contribution is -0.138. The Labute approximate surface area is 98.6 Å². The molecule has 0 bridgehead atoms. The average Bonchev–Trinajstić information content (AvgIpc) is 2.77. The largest absolute Gasteiger partial charge is 0.480 e. The molecule has 0 spiro atoms. The van der Waals surface area contributed by atoms with Crippen molar-refractivity contribution < 1.29 is 9.90 Å². The quantitative estimate of drug-likeness (QED) is 0.519. The van der Waals surface area contributed by atoms with Gasteiger partial charge >= 0.3 is 5.97 Å². The van der Waals surface area contributed by atoms with Crippen LogP contribution in [0.5, 0.6) is 0 Å². The Morgan fingerprint density at radius 1 is 1.65 bits per heavy atom. The van der Waals surface area contributed by atoms with Crippen LogP contribution in [-0.2, 0) is 4.79 Å². The molecule has 4 N–H and O–H groups in total. The van der Waals surface area contributed by atoms with E-state index in [9.17, 15) is 4.79 Å². The minimum absolute atomic E-state index is 0.0934. The van der Waals surface area contributed by atoms with Crippen molar-refractivity contribution in [2.24, 2.45) is 5.73 Å². The van der Waals surface area contributed by atoms with E-state index < -0.39 is 12.0 Å². The Morgan fingerprint density at radius 3 is 3.06 bits per heavy atom. The fourth-order valence-corrected chi connectivity index (χ4v) is 2.11. The van der Waals surface area contributed by atoms with Gasteiger partial charge < -0.3 is 15.7 Å². The number of carbonyl (C=O) groups is 1. The van der Waals surface area contributed by atoms with Crippen molar-refractivity contribution in [3.05, 3.63) is 23.9 Å². The van der Waals surface area contributed by atoms with Crippen LogP contribution in [0.25, 0.3) is 0 Å². The number of carboxylic acid groups (broad SMARTS) is 1. The van der Waals surface area contributed by atoms with E-state index >= 15 is 0 Å². The van der Waals surface area contributed by atoms with E-state index in [1.807, 2.05) is 0 Å². The van der Waals surface area contributed by atoms with Gasteiger partial charge in [0.05, 0.1) is 5.56 Å². The summed E-state index contributed by atoms with van der Waals surface area (Å²) < 4.78 is 0. The summed E-state index contributed by atoms with van der Waals surface area (Å²) in [7, 11) is 0. The van der Waals surface area contributed by atoms with E-state index in [1.165, 1.54) is 0 Å². The SMILES string of the molecule is N=C(N)c1cccnc1N1CCCC1C(=O)O. The Bertz CT molecular complexity index is 461. The molecule has 1 unspecified atom stereocenters. The van der Waals surface area contributed by atoms with Crippen molar-refractivity contribution in [1.29, 1.82) is 5.41 Å². The summed E-state index contributed by atoms with van der Waals surface area (Å²) in [6, 6.07) is 2.80. The van der Waals surface area contributed by atoms with Crippen molar-refractivity contribution in [3.8, 4) is 0 Å². The third-order valence-electron chi connectivity index (χ3n) is 2.89. The van der Waals surface area contributed by atoms with Crippen molar-refractivity contribution in [2.75, 3.05) is 11.4 Å². The second kappa shape index (κ2) is 4.40. The van der Waals surface area contributed by atoms with E-state index in [4.69, 9.17) is 16.2 Å². The predicted molar refractivity (Wildman–Crippen MR) is 63.3 cm³/mol. The van der Waals surface area contributed by atoms with Gasteiger partial charge in [-0.15, -0.1) is 0 Å². The van der Waals surface area contributed by atoms with Gasteiger partial charge in [0.25, 0.3) is 0 Å². The molecule has 1 aliphatic heterocycles. The summed E-state index contributed by atoms with van der Waals surface area (Å²) in [4.78, 5) is 17.0. The molecule has 0 radical (unpaired) electrons. The Balaban J connectivity index is 2.39. The summed E-state index contributed by atoms with van der Waals surface area (Å²) in [5.74, 6) is -0.461. The molecule has 0 amide bonds. The summed E-state index contributed by atoms with van der Waals surface area (Å²) in [6.07, 6.45) is 2.99. The van der Waals surface area contributed by atoms with Gasteiger partial charge in [-0.2, -0.15) is 0 Å². The highest BCUT2D eigenvalue weighted by Crippen LogP contribution is 2.26. The fraction of sp³-hybridized carbons (Fsp3) is 0.364. The molecule has 17 heavy (non-hydrogen) atoms. The van der Waals surface area contributed by atoms with Gasteiger partial charge in [0.2, 0.25) is 0 Å². The molecule has 2 heterocycles. The Hall–Kier alpha value is -2.11. The summed E-state index contributed by atoms with van der Waals surface area (Å²) >= 11 is 0. The number of nitrogens with two attached hydrogens (primary N) is 1. The van der Waals surface area contributed by atoms with Crippen LogP contribution in [0.4, 0.5) is 5.82 Å². The number of nitrogens with zero attached hydrogens (tertiary/aromatic N) is 2. The number of nitrogens with one attached hydrogen (secondary N) is 1. The molecule has 6 heteroatoms. The molecule has 1 saturated heterocycles. The molecule has 6 nitrogen and oxygen atoms in total. The monoisotopic (exact) mass is 234 g/mol. The molecule has 1 aromatic rings. The molecule has 1 aromatic heterocycles. The highest BCUT2D eigenvalue weighted by Gasteiger charge is 2.32. The van der Waals surface area contributed by atoms with Gasteiger partial charge in [0, 0.05) is 12.7 Å². The maximum absolute atomic E-state index is 11.1. The molecule has 0 aromatic carbocycles. The van der Waals surface area contributed by atoms with E-state index in [1.54, 1.807) is 23.2 Å². The van der Waals surface area contributed by atoms with Crippen LogP contribution in [0.2, 0.25) is 0 Å². The molecule has 0 aliphatic carbocycles. The topological polar surface area (TPSA) is 103 Å². The lowest BCUT2D eigenvalue weighted by Gasteiger charge is -2.24. The van der Waals surface area contributed by atoms with Crippen LogP contribution in [0.1, 0.15) is 18.4 Å². The van der Waals surface area contributed by atoms with Crippen LogP contribution in [0.3, 0.4) is 0 Å². The molecule has 1 aliphatic rings. The first-order valence-corrected chi connectivity index (χ1v) is 5.40. The lowest BCUT2D eigenvalue weighted by atomic mass is 10.2. The zero-order chi connectivity index (χ0) is 12.4. The zero-order valence-corrected chi connectivity index (χ0v) is 9.26. The number of hydrogen-bond acceptors (Lipinski definition) is 4. The van der Waals surface area contributed by atoms with Gasteiger partial charge in [-0.3, -0.25) is 5.41 Å². The van der Waals surface area contributed by atoms with Crippen molar-refractivity contribution in [1.82, 2.24) is 4.98 Å². The molecule has 0 saturated carbocycles. The third kappa shape index (κ3) is 2.06. The molecule has 90 valence electrons. The normalized spacial score (nSPS) is 19.3. The van der Waals surface area contributed by atoms with E-state index in [0.717, 1.165) is 6.42 Å². The maximum Gasteiger partial charge on any atom is 0.326 e. The Kier molecular flexibility index (Phi) is 2.95. The zero-order valence-electron chi connectivity index (χ0n) is 9.26. The number of nitrogen functional groups attached to an aromatic ring is 1. The van der Waals surface area contributed by atoms with Crippen LogP contribution >= 0.6 is 0 Å². The van der Waals surface area contributed by atoms with Crippen LogP contribution in [-0.4, -0.2) is 34.5 Å². The van der Waals surface area contributed by atoms with Crippen molar-refractivity contribution in [2.45, 2.75) is 18.9 Å². The van der Waals surface area contributed by atoms with E-state index in [0.29, 0.717) is 24.3 Å². The minimum atomic E-state index is -0.859. The van der Waals surface area contributed by atoms with Gasteiger partial charge in [0.15, 0.2) is 0 Å². The summed E-state index contributed by atoms with van der Waals surface area (Å²) in [5.41, 5.74) is 5.96. The van der Waals surface area contributed by atoms with Crippen molar-refractivity contribution >= 4 is 17.6 Å². The lowest BCUT2D eigenvalue weighted by Crippen LogP contribution is -2.37. The van der Waals surface area contributed by atoms with Crippen LogP contribution in [0, 0.1) is 5.41 Å². The van der Waals surface area contributed by atoms with Gasteiger partial charge in [0.1, 0.15) is 17.7 Å². The standard InChI is InChI=1S/C11H14N4O2/c12-9(13)7-3-1-5-14-10(7)15-6-2-4-8(15)11(16)17/h1,3,5,8H,2,4,6H2,(H3,12,13)(H,16,17). The molecule has 1 fully saturated rings. The second-order valence-corrected chi connectivity index (χ2v) is 3.98. The number of aliphatic carboxylic acids is 1. The van der Waals surface area contributed by atoms with Gasteiger partial charge in [-0.25, -0.2) is 9.78 Å². The minimum Gasteiger partial charge on any atom is -0.480 e. The highest BCUT2D eigenvalue weighted by molar-refractivity contribution is 6.00. The maximum atomic E-state index is 11.1.